The number of ether oxygens (including phenoxy) is 1. The molecule has 1 fully saturated rings. The van der Waals surface area contributed by atoms with E-state index in [9.17, 15) is 4.79 Å². The van der Waals surface area contributed by atoms with Crippen LogP contribution in [0.4, 0.5) is 5.69 Å². The van der Waals surface area contributed by atoms with Crippen LogP contribution in [0.1, 0.15) is 22.7 Å². The summed E-state index contributed by atoms with van der Waals surface area (Å²) in [6.07, 6.45) is 0.995. The molecule has 0 spiro atoms. The Morgan fingerprint density at radius 3 is 2.64 bits per heavy atom. The predicted molar refractivity (Wildman–Crippen MR) is 112 cm³/mol. The second kappa shape index (κ2) is 8.33. The van der Waals surface area contributed by atoms with Gasteiger partial charge in [0.1, 0.15) is 6.61 Å². The Balaban J connectivity index is 1.47. The van der Waals surface area contributed by atoms with E-state index < -0.39 is 0 Å². The lowest BCUT2D eigenvalue weighted by Gasteiger charge is -2.43. The summed E-state index contributed by atoms with van der Waals surface area (Å²) < 4.78 is 5.60. The van der Waals surface area contributed by atoms with Crippen LogP contribution in [0.25, 0.3) is 0 Å². The van der Waals surface area contributed by atoms with Gasteiger partial charge in [-0.1, -0.05) is 42.5 Å². The molecule has 2 aliphatic rings. The van der Waals surface area contributed by atoms with E-state index in [1.165, 1.54) is 22.4 Å². The van der Waals surface area contributed by atoms with Gasteiger partial charge in [-0.3, -0.25) is 9.69 Å². The zero-order valence-corrected chi connectivity index (χ0v) is 16.8. The molecular formula is C23H29N3O2. The molecule has 2 aromatic carbocycles. The molecule has 0 saturated carbocycles. The van der Waals surface area contributed by atoms with E-state index in [0.717, 1.165) is 32.6 Å². The van der Waals surface area contributed by atoms with Crippen LogP contribution in [0.5, 0.6) is 0 Å². The molecule has 1 saturated heterocycles. The zero-order valence-electron chi connectivity index (χ0n) is 16.8. The molecule has 0 N–H and O–H groups in total. The number of carbonyl (C=O) groups is 1. The highest BCUT2D eigenvalue weighted by Crippen LogP contribution is 2.38. The molecule has 2 heterocycles. The van der Waals surface area contributed by atoms with Crippen LogP contribution >= 0.6 is 0 Å². The van der Waals surface area contributed by atoms with Gasteiger partial charge in [0.15, 0.2) is 0 Å². The van der Waals surface area contributed by atoms with Crippen LogP contribution in [-0.4, -0.2) is 69.2 Å². The second-order valence-electron chi connectivity index (χ2n) is 7.85. The van der Waals surface area contributed by atoms with Gasteiger partial charge in [0.25, 0.3) is 0 Å². The fourth-order valence-corrected chi connectivity index (χ4v) is 4.25. The molecular weight excluding hydrogens is 350 g/mol. The van der Waals surface area contributed by atoms with Crippen molar-refractivity contribution in [2.75, 3.05) is 58.4 Å². The molecule has 5 heteroatoms. The molecule has 4 rings (SSSR count). The maximum atomic E-state index is 11.7. The van der Waals surface area contributed by atoms with Crippen molar-refractivity contribution in [3.63, 3.8) is 0 Å². The number of hydrogen-bond donors (Lipinski definition) is 0. The molecule has 0 radical (unpaired) electrons. The first-order valence-electron chi connectivity index (χ1n) is 10.1. The Hall–Kier alpha value is -2.37. The van der Waals surface area contributed by atoms with Gasteiger partial charge in [0.05, 0.1) is 12.6 Å². The van der Waals surface area contributed by atoms with Crippen molar-refractivity contribution in [3.05, 3.63) is 65.2 Å². The van der Waals surface area contributed by atoms with Crippen molar-refractivity contribution in [2.24, 2.45) is 0 Å². The van der Waals surface area contributed by atoms with E-state index in [2.05, 4.69) is 58.3 Å². The lowest BCUT2D eigenvalue weighted by Crippen LogP contribution is -2.49. The van der Waals surface area contributed by atoms with Crippen molar-refractivity contribution < 1.29 is 9.53 Å². The number of carbonyl (C=O) groups excluding carboxylic acids is 1. The van der Waals surface area contributed by atoms with Crippen LogP contribution in [0.15, 0.2) is 48.5 Å². The first kappa shape index (κ1) is 19.0. The minimum absolute atomic E-state index is 0.0131. The number of para-hydroxylation sites is 1. The summed E-state index contributed by atoms with van der Waals surface area (Å²) in [6.45, 7) is 4.60. The van der Waals surface area contributed by atoms with Crippen LogP contribution in [0.2, 0.25) is 0 Å². The number of rotatable bonds is 5. The summed E-state index contributed by atoms with van der Waals surface area (Å²) in [5.41, 5.74) is 5.65. The maximum Gasteiger partial charge on any atom is 0.248 e. The van der Waals surface area contributed by atoms with E-state index in [-0.39, 0.29) is 12.5 Å². The lowest BCUT2D eigenvalue weighted by atomic mass is 9.96. The number of hydrogen-bond acceptors (Lipinski definition) is 4. The fourth-order valence-electron chi connectivity index (χ4n) is 4.25. The van der Waals surface area contributed by atoms with Crippen molar-refractivity contribution in [3.8, 4) is 0 Å². The highest BCUT2D eigenvalue weighted by molar-refractivity contribution is 5.76. The number of anilines is 1. The molecule has 2 aromatic rings. The van der Waals surface area contributed by atoms with E-state index in [1.807, 2.05) is 0 Å². The molecule has 1 atom stereocenters. The Morgan fingerprint density at radius 1 is 1.07 bits per heavy atom. The molecule has 5 nitrogen and oxygen atoms in total. The molecule has 0 aromatic heterocycles. The maximum absolute atomic E-state index is 11.7. The van der Waals surface area contributed by atoms with Gasteiger partial charge in [0.2, 0.25) is 5.91 Å². The molecule has 0 bridgehead atoms. The van der Waals surface area contributed by atoms with E-state index in [4.69, 9.17) is 4.74 Å². The standard InChI is InChI=1S/C23H29N3O2/c1-24(2)23(27)17-28-14-13-25-11-12-26-21-10-6-4-8-19(21)15-18-7-3-5-9-20(18)22(26)16-25/h3-10,22H,11-17H2,1-2H3. The van der Waals surface area contributed by atoms with Gasteiger partial charge in [0, 0.05) is 46.0 Å². The smallest absolute Gasteiger partial charge is 0.248 e. The minimum Gasteiger partial charge on any atom is -0.370 e. The van der Waals surface area contributed by atoms with Crippen LogP contribution in [0, 0.1) is 0 Å². The van der Waals surface area contributed by atoms with E-state index in [0.29, 0.717) is 12.6 Å². The SMILES string of the molecule is CN(C)C(=O)COCCN1CCN2c3ccccc3Cc3ccccc3C2C1. The van der Waals surface area contributed by atoms with Crippen LogP contribution < -0.4 is 4.90 Å². The van der Waals surface area contributed by atoms with Gasteiger partial charge in [-0.05, 0) is 29.2 Å². The third-order valence-corrected chi connectivity index (χ3v) is 5.84. The van der Waals surface area contributed by atoms with Gasteiger partial charge in [-0.25, -0.2) is 0 Å². The zero-order chi connectivity index (χ0) is 19.5. The monoisotopic (exact) mass is 379 g/mol. The quantitative estimate of drug-likeness (QED) is 0.748. The number of piperazine rings is 1. The second-order valence-corrected chi connectivity index (χ2v) is 7.85. The number of amides is 1. The summed E-state index contributed by atoms with van der Waals surface area (Å²) in [7, 11) is 3.51. The molecule has 0 aliphatic carbocycles. The lowest BCUT2D eigenvalue weighted by molar-refractivity contribution is -0.133. The summed E-state index contributed by atoms with van der Waals surface area (Å²) in [4.78, 5) is 18.3. The van der Waals surface area contributed by atoms with Crippen LogP contribution in [0.3, 0.4) is 0 Å². The Morgan fingerprint density at radius 2 is 1.82 bits per heavy atom. The number of likely N-dealkylation sites (N-methyl/N-ethyl adjacent to an activating group) is 1. The van der Waals surface area contributed by atoms with Crippen molar-refractivity contribution >= 4 is 11.6 Å². The highest BCUT2D eigenvalue weighted by Gasteiger charge is 2.32. The van der Waals surface area contributed by atoms with Crippen LogP contribution in [-0.2, 0) is 16.0 Å². The van der Waals surface area contributed by atoms with Gasteiger partial charge < -0.3 is 14.5 Å². The number of benzene rings is 2. The fraction of sp³-hybridized carbons (Fsp3) is 0.435. The first-order chi connectivity index (χ1) is 13.6. The average molecular weight is 380 g/mol. The third kappa shape index (κ3) is 3.91. The largest absolute Gasteiger partial charge is 0.370 e. The Bertz CT molecular complexity index is 836. The molecule has 1 amide bonds. The van der Waals surface area contributed by atoms with Gasteiger partial charge in [-0.2, -0.15) is 0 Å². The Labute approximate surface area is 167 Å². The van der Waals surface area contributed by atoms with Crippen molar-refractivity contribution in [1.29, 1.82) is 0 Å². The molecule has 1 unspecified atom stereocenters. The predicted octanol–water partition coefficient (Wildman–Crippen LogP) is 2.56. The van der Waals surface area contributed by atoms with Crippen molar-refractivity contribution in [2.45, 2.75) is 12.5 Å². The molecule has 2 aliphatic heterocycles. The first-order valence-corrected chi connectivity index (χ1v) is 10.1. The highest BCUT2D eigenvalue weighted by atomic mass is 16.5. The third-order valence-electron chi connectivity index (χ3n) is 5.84. The summed E-state index contributed by atoms with van der Waals surface area (Å²) >= 11 is 0. The van der Waals surface area contributed by atoms with Gasteiger partial charge >= 0.3 is 0 Å². The topological polar surface area (TPSA) is 36.0 Å². The Kier molecular flexibility index (Phi) is 5.64. The molecule has 148 valence electrons. The van der Waals surface area contributed by atoms with E-state index >= 15 is 0 Å². The number of nitrogens with zero attached hydrogens (tertiary/aromatic N) is 3. The summed E-state index contributed by atoms with van der Waals surface area (Å²) in [5.74, 6) is 0.0131. The van der Waals surface area contributed by atoms with Crippen molar-refractivity contribution in [1.82, 2.24) is 9.80 Å². The van der Waals surface area contributed by atoms with E-state index in [1.54, 1.807) is 19.0 Å². The number of fused-ring (bicyclic) bond motifs is 5. The minimum atomic E-state index is 0.0131. The summed E-state index contributed by atoms with van der Waals surface area (Å²) in [6, 6.07) is 18.0. The normalized spacial score (nSPS) is 18.6. The molecule has 28 heavy (non-hydrogen) atoms. The van der Waals surface area contributed by atoms with Gasteiger partial charge in [-0.15, -0.1) is 0 Å². The average Bonchev–Trinajstić information content (AvgIpc) is 2.85. The summed E-state index contributed by atoms with van der Waals surface area (Å²) in [5, 5.41) is 0.